The molecule has 0 aliphatic carbocycles. The van der Waals surface area contributed by atoms with Gasteiger partial charge in [-0.05, 0) is 12.1 Å². The van der Waals surface area contributed by atoms with Gasteiger partial charge in [-0.25, -0.2) is 4.79 Å². The minimum atomic E-state index is -1.32. The Labute approximate surface area is 87.1 Å². The van der Waals surface area contributed by atoms with Gasteiger partial charge in [-0.2, -0.15) is 0 Å². The van der Waals surface area contributed by atoms with Crippen LogP contribution in [0.3, 0.4) is 0 Å². The van der Waals surface area contributed by atoms with Crippen LogP contribution in [0.25, 0.3) is 0 Å². The number of nitrogens with two attached hydrogens (primary N) is 1. The zero-order chi connectivity index (χ0) is 11.4. The van der Waals surface area contributed by atoms with Gasteiger partial charge in [0.1, 0.15) is 0 Å². The third-order valence-corrected chi connectivity index (χ3v) is 2.01. The molecule has 1 amide bonds. The van der Waals surface area contributed by atoms with Gasteiger partial charge >= 0.3 is 5.97 Å². The molecule has 0 radical (unpaired) electrons. The van der Waals surface area contributed by atoms with Crippen molar-refractivity contribution >= 4 is 11.9 Å². The van der Waals surface area contributed by atoms with Crippen LogP contribution in [-0.2, 0) is 4.79 Å². The fourth-order valence-corrected chi connectivity index (χ4v) is 1.08. The molecule has 1 aromatic rings. The molecule has 80 valence electrons. The molecule has 5 nitrogen and oxygen atoms in total. The Balaban J connectivity index is 2.82. The standard InChI is InChI=1S/C10H12N2O3/c1-12(8(11)10(14)15)9(13)7-5-3-2-4-6-7/h2-6,8H,11H2,1H3,(H,14,15)/t8-/m0/s1. The van der Waals surface area contributed by atoms with Crippen LogP contribution in [0.2, 0.25) is 0 Å². The molecule has 0 spiro atoms. The van der Waals surface area contributed by atoms with Crippen LogP contribution in [0.5, 0.6) is 0 Å². The van der Waals surface area contributed by atoms with Crippen molar-refractivity contribution in [3.05, 3.63) is 35.9 Å². The predicted molar refractivity (Wildman–Crippen MR) is 54.1 cm³/mol. The van der Waals surface area contributed by atoms with Crippen LogP contribution in [0.15, 0.2) is 30.3 Å². The number of carbonyl (C=O) groups is 2. The van der Waals surface area contributed by atoms with Crippen LogP contribution >= 0.6 is 0 Å². The molecule has 0 aliphatic rings. The second-order valence-electron chi connectivity index (χ2n) is 3.07. The van der Waals surface area contributed by atoms with E-state index in [0.29, 0.717) is 5.56 Å². The molecular weight excluding hydrogens is 196 g/mol. The predicted octanol–water partition coefficient (Wildman–Crippen LogP) is 0.128. The van der Waals surface area contributed by atoms with Gasteiger partial charge in [-0.15, -0.1) is 0 Å². The molecule has 1 rings (SSSR count). The second kappa shape index (κ2) is 4.56. The van der Waals surface area contributed by atoms with Gasteiger partial charge in [0.15, 0.2) is 6.17 Å². The highest BCUT2D eigenvalue weighted by molar-refractivity contribution is 5.96. The Kier molecular flexibility index (Phi) is 3.41. The van der Waals surface area contributed by atoms with E-state index >= 15 is 0 Å². The zero-order valence-corrected chi connectivity index (χ0v) is 8.25. The Bertz CT molecular complexity index is 364. The van der Waals surface area contributed by atoms with Crippen molar-refractivity contribution in [2.45, 2.75) is 6.17 Å². The fraction of sp³-hybridized carbons (Fsp3) is 0.200. The van der Waals surface area contributed by atoms with Gasteiger partial charge in [0.25, 0.3) is 5.91 Å². The van der Waals surface area contributed by atoms with E-state index in [4.69, 9.17) is 10.8 Å². The van der Waals surface area contributed by atoms with Gasteiger partial charge in [-0.3, -0.25) is 4.79 Å². The first-order valence-electron chi connectivity index (χ1n) is 4.34. The Hall–Kier alpha value is -1.88. The maximum Gasteiger partial charge on any atom is 0.341 e. The minimum absolute atomic E-state index is 0.412. The minimum Gasteiger partial charge on any atom is -0.479 e. The first-order valence-corrected chi connectivity index (χ1v) is 4.34. The number of aliphatic carboxylic acids is 1. The lowest BCUT2D eigenvalue weighted by molar-refractivity contribution is -0.141. The summed E-state index contributed by atoms with van der Waals surface area (Å²) in [6.07, 6.45) is -1.32. The molecule has 0 fully saturated rings. The third-order valence-electron chi connectivity index (χ3n) is 2.01. The number of carboxylic acid groups (broad SMARTS) is 1. The molecule has 0 saturated heterocycles. The highest BCUT2D eigenvalue weighted by Crippen LogP contribution is 2.04. The van der Waals surface area contributed by atoms with E-state index in [2.05, 4.69) is 0 Å². The smallest absolute Gasteiger partial charge is 0.341 e. The van der Waals surface area contributed by atoms with Gasteiger partial charge in [0.05, 0.1) is 0 Å². The van der Waals surface area contributed by atoms with Crippen LogP contribution in [0.4, 0.5) is 0 Å². The molecule has 0 aliphatic heterocycles. The quantitative estimate of drug-likeness (QED) is 0.691. The van der Waals surface area contributed by atoms with Gasteiger partial charge in [-0.1, -0.05) is 18.2 Å². The summed E-state index contributed by atoms with van der Waals surface area (Å²) in [7, 11) is 1.36. The Morgan fingerprint density at radius 1 is 1.33 bits per heavy atom. The van der Waals surface area contributed by atoms with E-state index in [9.17, 15) is 9.59 Å². The van der Waals surface area contributed by atoms with Gasteiger partial charge < -0.3 is 15.7 Å². The number of benzene rings is 1. The van der Waals surface area contributed by atoms with Crippen LogP contribution in [0, 0.1) is 0 Å². The zero-order valence-electron chi connectivity index (χ0n) is 8.25. The van der Waals surface area contributed by atoms with E-state index in [-0.39, 0.29) is 0 Å². The molecule has 0 saturated carbocycles. The molecular formula is C10H12N2O3. The van der Waals surface area contributed by atoms with Crippen molar-refractivity contribution in [3.8, 4) is 0 Å². The Morgan fingerprint density at radius 2 is 1.87 bits per heavy atom. The average Bonchev–Trinajstić information content (AvgIpc) is 2.27. The van der Waals surface area contributed by atoms with E-state index in [1.807, 2.05) is 0 Å². The maximum atomic E-state index is 11.7. The molecule has 3 N–H and O–H groups in total. The van der Waals surface area contributed by atoms with Crippen molar-refractivity contribution < 1.29 is 14.7 Å². The fourth-order valence-electron chi connectivity index (χ4n) is 1.08. The Morgan fingerprint density at radius 3 is 2.33 bits per heavy atom. The molecule has 0 aromatic heterocycles. The van der Waals surface area contributed by atoms with Gasteiger partial charge in [0.2, 0.25) is 0 Å². The molecule has 0 heterocycles. The first kappa shape index (κ1) is 11.2. The molecule has 5 heteroatoms. The average molecular weight is 208 g/mol. The van der Waals surface area contributed by atoms with Crippen molar-refractivity contribution in [2.75, 3.05) is 7.05 Å². The van der Waals surface area contributed by atoms with E-state index in [1.54, 1.807) is 30.3 Å². The molecule has 1 aromatic carbocycles. The van der Waals surface area contributed by atoms with Crippen LogP contribution in [-0.4, -0.2) is 35.1 Å². The number of carboxylic acids is 1. The number of carbonyl (C=O) groups excluding carboxylic acids is 1. The van der Waals surface area contributed by atoms with Crippen molar-refractivity contribution in [3.63, 3.8) is 0 Å². The number of hydrogen-bond acceptors (Lipinski definition) is 3. The topological polar surface area (TPSA) is 83.6 Å². The third kappa shape index (κ3) is 2.54. The van der Waals surface area contributed by atoms with Crippen molar-refractivity contribution in [1.82, 2.24) is 4.90 Å². The number of amides is 1. The van der Waals surface area contributed by atoms with E-state index in [0.717, 1.165) is 4.90 Å². The number of rotatable bonds is 3. The summed E-state index contributed by atoms with van der Waals surface area (Å²) in [4.78, 5) is 23.2. The van der Waals surface area contributed by atoms with Gasteiger partial charge in [0, 0.05) is 12.6 Å². The highest BCUT2D eigenvalue weighted by atomic mass is 16.4. The summed E-state index contributed by atoms with van der Waals surface area (Å²) in [5.74, 6) is -1.65. The van der Waals surface area contributed by atoms with Crippen LogP contribution in [0.1, 0.15) is 10.4 Å². The lowest BCUT2D eigenvalue weighted by atomic mass is 10.2. The molecule has 0 bridgehead atoms. The van der Waals surface area contributed by atoms with Crippen molar-refractivity contribution in [2.24, 2.45) is 5.73 Å². The largest absolute Gasteiger partial charge is 0.479 e. The maximum absolute atomic E-state index is 11.7. The lowest BCUT2D eigenvalue weighted by Gasteiger charge is -2.21. The first-order chi connectivity index (χ1) is 7.04. The molecule has 15 heavy (non-hydrogen) atoms. The van der Waals surface area contributed by atoms with Crippen LogP contribution < -0.4 is 5.73 Å². The van der Waals surface area contributed by atoms with E-state index in [1.165, 1.54) is 7.05 Å². The number of hydrogen-bond donors (Lipinski definition) is 2. The molecule has 1 atom stereocenters. The summed E-state index contributed by atoms with van der Waals surface area (Å²) in [6, 6.07) is 8.38. The number of likely N-dealkylation sites (N-methyl/N-ethyl adjacent to an activating group) is 1. The summed E-state index contributed by atoms with van der Waals surface area (Å²) < 4.78 is 0. The van der Waals surface area contributed by atoms with Crippen molar-refractivity contribution in [1.29, 1.82) is 0 Å². The number of nitrogens with zero attached hydrogens (tertiary/aromatic N) is 1. The van der Waals surface area contributed by atoms with E-state index < -0.39 is 18.0 Å². The normalized spacial score (nSPS) is 11.9. The SMILES string of the molecule is CN(C(=O)c1ccccc1)[C@H](N)C(=O)O. The highest BCUT2D eigenvalue weighted by Gasteiger charge is 2.22. The molecule has 0 unspecified atom stereocenters. The summed E-state index contributed by atoms with van der Waals surface area (Å²) in [5, 5.41) is 8.63. The summed E-state index contributed by atoms with van der Waals surface area (Å²) in [5.41, 5.74) is 5.72. The lowest BCUT2D eigenvalue weighted by Crippen LogP contribution is -2.48. The summed E-state index contributed by atoms with van der Waals surface area (Å²) >= 11 is 0. The summed E-state index contributed by atoms with van der Waals surface area (Å²) in [6.45, 7) is 0. The monoisotopic (exact) mass is 208 g/mol. The second-order valence-corrected chi connectivity index (χ2v) is 3.07.